The summed E-state index contributed by atoms with van der Waals surface area (Å²) in [5.41, 5.74) is 1.63. The van der Waals surface area contributed by atoms with E-state index >= 15 is 0 Å². The maximum Gasteiger partial charge on any atom is 0.264 e. The lowest BCUT2D eigenvalue weighted by Gasteiger charge is -2.19. The van der Waals surface area contributed by atoms with Crippen molar-refractivity contribution >= 4 is 48.3 Å². The van der Waals surface area contributed by atoms with Gasteiger partial charge >= 0.3 is 0 Å². The topological polar surface area (TPSA) is 79.4 Å². The molecule has 0 spiro atoms. The average Bonchev–Trinajstić information content (AvgIpc) is 3.38. The number of benzene rings is 3. The Kier molecular flexibility index (Phi) is 4.90. The predicted octanol–water partition coefficient (Wildman–Crippen LogP) is 4.58. The molecule has 4 aromatic rings. The number of thiazole rings is 1. The van der Waals surface area contributed by atoms with Crippen LogP contribution >= 0.6 is 11.3 Å². The maximum absolute atomic E-state index is 13.9. The van der Waals surface area contributed by atoms with Gasteiger partial charge in [-0.2, -0.15) is 0 Å². The summed E-state index contributed by atoms with van der Waals surface area (Å²) in [6, 6.07) is 14.8. The Morgan fingerprint density at radius 3 is 2.72 bits per heavy atom. The molecule has 1 amide bonds. The molecule has 0 unspecified atom stereocenters. The maximum atomic E-state index is 13.9. The van der Waals surface area contributed by atoms with Crippen LogP contribution in [0.1, 0.15) is 15.9 Å². The van der Waals surface area contributed by atoms with E-state index in [0.717, 1.165) is 29.0 Å². The fraction of sp³-hybridized carbons (Fsp3) is 0.0909. The van der Waals surface area contributed by atoms with Crippen LogP contribution in [0.4, 0.5) is 19.6 Å². The van der Waals surface area contributed by atoms with Crippen LogP contribution in [0.25, 0.3) is 10.2 Å². The number of halogens is 2. The zero-order valence-electron chi connectivity index (χ0n) is 16.4. The number of rotatable bonds is 4. The summed E-state index contributed by atoms with van der Waals surface area (Å²) in [6.07, 6.45) is 0.615. The number of carbonyl (C=O) groups excluding carboxylic acids is 1. The number of sulfonamides is 1. The Bertz CT molecular complexity index is 1490. The van der Waals surface area contributed by atoms with E-state index in [4.69, 9.17) is 0 Å². The van der Waals surface area contributed by atoms with E-state index in [0.29, 0.717) is 18.7 Å². The molecule has 0 saturated carbocycles. The molecule has 0 atom stereocenters. The molecular formula is C22H15F2N3O3S2. The van der Waals surface area contributed by atoms with Gasteiger partial charge in [0.15, 0.2) is 10.9 Å². The van der Waals surface area contributed by atoms with Crippen molar-refractivity contribution in [2.24, 2.45) is 0 Å². The van der Waals surface area contributed by atoms with Gasteiger partial charge in [0, 0.05) is 18.2 Å². The van der Waals surface area contributed by atoms with Crippen LogP contribution in [-0.2, 0) is 16.4 Å². The summed E-state index contributed by atoms with van der Waals surface area (Å²) >= 11 is 0.921. The van der Waals surface area contributed by atoms with E-state index in [1.807, 2.05) is 12.1 Å². The van der Waals surface area contributed by atoms with Gasteiger partial charge in [0.25, 0.3) is 15.9 Å². The van der Waals surface area contributed by atoms with Crippen molar-refractivity contribution in [3.63, 3.8) is 0 Å². The van der Waals surface area contributed by atoms with Crippen molar-refractivity contribution in [2.75, 3.05) is 16.2 Å². The van der Waals surface area contributed by atoms with Gasteiger partial charge in [-0.25, -0.2) is 22.2 Å². The number of anilines is 2. The number of hydrogen-bond donors (Lipinski definition) is 1. The predicted molar refractivity (Wildman–Crippen MR) is 119 cm³/mol. The Labute approximate surface area is 186 Å². The second-order valence-electron chi connectivity index (χ2n) is 7.19. The minimum Gasteiger partial charge on any atom is -0.298 e. The number of nitrogens with zero attached hydrogens (tertiary/aromatic N) is 2. The highest BCUT2D eigenvalue weighted by atomic mass is 32.2. The molecule has 6 nitrogen and oxygen atoms in total. The number of nitrogens with one attached hydrogen (secondary N) is 1. The zero-order chi connectivity index (χ0) is 22.5. The standard InChI is InChI=1S/C22H15F2N3O3S2/c23-15-11-17(24)20-19(12-15)31-22(25-20)26-21(28)14-5-3-6-16(10-14)32(29,30)27-9-8-13-4-1-2-7-18(13)27/h1-7,10-12H,8-9H2,(H,25,26,28). The highest BCUT2D eigenvalue weighted by Crippen LogP contribution is 2.33. The molecule has 0 radical (unpaired) electrons. The molecule has 162 valence electrons. The molecule has 1 N–H and O–H groups in total. The van der Waals surface area contributed by atoms with E-state index < -0.39 is 27.6 Å². The van der Waals surface area contributed by atoms with Crippen LogP contribution in [0.2, 0.25) is 0 Å². The van der Waals surface area contributed by atoms with Crippen molar-refractivity contribution in [3.05, 3.63) is 83.4 Å². The third-order valence-electron chi connectivity index (χ3n) is 5.16. The summed E-state index contributed by atoms with van der Waals surface area (Å²) in [5, 5.41) is 2.61. The van der Waals surface area contributed by atoms with Crippen LogP contribution in [0, 0.1) is 11.6 Å². The summed E-state index contributed by atoms with van der Waals surface area (Å²) in [4.78, 5) is 16.7. The first-order chi connectivity index (χ1) is 15.3. The van der Waals surface area contributed by atoms with Crippen molar-refractivity contribution in [2.45, 2.75) is 11.3 Å². The molecule has 10 heteroatoms. The number of para-hydroxylation sites is 1. The van der Waals surface area contributed by atoms with Gasteiger partial charge < -0.3 is 0 Å². The molecule has 2 heterocycles. The van der Waals surface area contributed by atoms with Gasteiger partial charge in [-0.05, 0) is 42.3 Å². The molecule has 3 aromatic carbocycles. The van der Waals surface area contributed by atoms with Gasteiger partial charge in [0.1, 0.15) is 11.3 Å². The SMILES string of the molecule is O=C(Nc1nc2c(F)cc(F)cc2s1)c1cccc(S(=O)(=O)N2CCc3ccccc32)c1. The van der Waals surface area contributed by atoms with Crippen molar-refractivity contribution in [1.29, 1.82) is 0 Å². The van der Waals surface area contributed by atoms with Crippen LogP contribution in [-0.4, -0.2) is 25.9 Å². The van der Waals surface area contributed by atoms with Gasteiger partial charge in [-0.1, -0.05) is 35.6 Å². The number of carbonyl (C=O) groups is 1. The van der Waals surface area contributed by atoms with Gasteiger partial charge in [0.2, 0.25) is 0 Å². The Morgan fingerprint density at radius 2 is 1.88 bits per heavy atom. The second-order valence-corrected chi connectivity index (χ2v) is 10.1. The first-order valence-electron chi connectivity index (χ1n) is 9.60. The molecule has 1 aliphatic heterocycles. The van der Waals surface area contributed by atoms with Crippen LogP contribution in [0.5, 0.6) is 0 Å². The van der Waals surface area contributed by atoms with Gasteiger partial charge in [-0.15, -0.1) is 0 Å². The summed E-state index contributed by atoms with van der Waals surface area (Å²) in [7, 11) is -3.86. The fourth-order valence-corrected chi connectivity index (χ4v) is 6.11. The molecule has 32 heavy (non-hydrogen) atoms. The Morgan fingerprint density at radius 1 is 1.06 bits per heavy atom. The molecule has 0 fully saturated rings. The van der Waals surface area contributed by atoms with E-state index in [1.165, 1.54) is 28.6 Å². The highest BCUT2D eigenvalue weighted by molar-refractivity contribution is 7.92. The van der Waals surface area contributed by atoms with Gasteiger partial charge in [0.05, 0.1) is 15.3 Å². The quantitative estimate of drug-likeness (QED) is 0.473. The minimum atomic E-state index is -3.86. The van der Waals surface area contributed by atoms with Crippen molar-refractivity contribution in [1.82, 2.24) is 4.98 Å². The third-order valence-corrected chi connectivity index (χ3v) is 7.89. The molecule has 0 saturated heterocycles. The lowest BCUT2D eigenvalue weighted by molar-refractivity contribution is 0.102. The third kappa shape index (κ3) is 3.51. The van der Waals surface area contributed by atoms with Gasteiger partial charge in [-0.3, -0.25) is 14.4 Å². The van der Waals surface area contributed by atoms with Crippen LogP contribution < -0.4 is 9.62 Å². The number of hydrogen-bond acceptors (Lipinski definition) is 5. The smallest absolute Gasteiger partial charge is 0.264 e. The van der Waals surface area contributed by atoms with E-state index in [1.54, 1.807) is 12.1 Å². The number of aromatic nitrogens is 1. The first-order valence-corrected chi connectivity index (χ1v) is 11.9. The minimum absolute atomic E-state index is 0.0146. The Hall–Kier alpha value is -3.37. The molecular weight excluding hydrogens is 456 g/mol. The summed E-state index contributed by atoms with van der Waals surface area (Å²) in [5.74, 6) is -2.17. The lowest BCUT2D eigenvalue weighted by Crippen LogP contribution is -2.29. The monoisotopic (exact) mass is 471 g/mol. The average molecular weight is 472 g/mol. The molecule has 1 aromatic heterocycles. The molecule has 1 aliphatic rings. The lowest BCUT2D eigenvalue weighted by atomic mass is 10.2. The van der Waals surface area contributed by atoms with E-state index in [-0.39, 0.29) is 25.8 Å². The largest absolute Gasteiger partial charge is 0.298 e. The molecule has 0 bridgehead atoms. The van der Waals surface area contributed by atoms with Crippen LogP contribution in [0.3, 0.4) is 0 Å². The van der Waals surface area contributed by atoms with Crippen LogP contribution in [0.15, 0.2) is 65.6 Å². The normalized spacial score (nSPS) is 13.4. The highest BCUT2D eigenvalue weighted by Gasteiger charge is 2.31. The zero-order valence-corrected chi connectivity index (χ0v) is 18.0. The first kappa shape index (κ1) is 20.5. The second kappa shape index (κ2) is 7.64. The Balaban J connectivity index is 1.43. The summed E-state index contributed by atoms with van der Waals surface area (Å²) < 4.78 is 55.3. The van der Waals surface area contributed by atoms with Crippen molar-refractivity contribution in [3.8, 4) is 0 Å². The molecule has 0 aliphatic carbocycles. The molecule has 5 rings (SSSR count). The van der Waals surface area contributed by atoms with E-state index in [9.17, 15) is 22.0 Å². The number of fused-ring (bicyclic) bond motifs is 2. The van der Waals surface area contributed by atoms with E-state index in [2.05, 4.69) is 10.3 Å². The summed E-state index contributed by atoms with van der Waals surface area (Å²) in [6.45, 7) is 0.325. The van der Waals surface area contributed by atoms with Crippen molar-refractivity contribution < 1.29 is 22.0 Å². The fourth-order valence-electron chi connectivity index (χ4n) is 3.66. The number of amides is 1.